The highest BCUT2D eigenvalue weighted by molar-refractivity contribution is 5.19. The number of hydrogen-bond acceptors (Lipinski definition) is 3. The maximum Gasteiger partial charge on any atom is 0.0594 e. The average Bonchev–Trinajstić information content (AvgIpc) is 2.38. The molecule has 1 fully saturated rings. The summed E-state index contributed by atoms with van der Waals surface area (Å²) < 4.78 is 5.44. The van der Waals surface area contributed by atoms with Crippen LogP contribution in [-0.2, 0) is 4.74 Å². The summed E-state index contributed by atoms with van der Waals surface area (Å²) in [7, 11) is 4.27. The summed E-state index contributed by atoms with van der Waals surface area (Å²) in [5, 5.41) is 0. The Kier molecular flexibility index (Phi) is 4.54. The molecule has 0 radical (unpaired) electrons. The third-order valence-electron chi connectivity index (χ3n) is 3.21. The lowest BCUT2D eigenvalue weighted by molar-refractivity contribution is 0.0108. The molecule has 0 aromatic heterocycles. The molecule has 1 atom stereocenters. The second-order valence-corrected chi connectivity index (χ2v) is 4.84. The molecule has 0 N–H and O–H groups in total. The van der Waals surface area contributed by atoms with Crippen LogP contribution in [0.5, 0.6) is 0 Å². The van der Waals surface area contributed by atoms with Crippen LogP contribution in [0, 0.1) is 0 Å². The van der Waals surface area contributed by atoms with Crippen LogP contribution in [0.25, 0.3) is 0 Å². The molecule has 0 saturated carbocycles. The van der Waals surface area contributed by atoms with Crippen molar-refractivity contribution in [1.82, 2.24) is 9.80 Å². The Hall–Kier alpha value is -0.900. The molecule has 0 spiro atoms. The van der Waals surface area contributed by atoms with Crippen LogP contribution in [0.3, 0.4) is 0 Å². The molecule has 94 valence electrons. The van der Waals surface area contributed by atoms with Gasteiger partial charge in [-0.1, -0.05) is 30.3 Å². The summed E-state index contributed by atoms with van der Waals surface area (Å²) in [5.74, 6) is 0. The molecular weight excluding hydrogens is 212 g/mol. The van der Waals surface area contributed by atoms with Gasteiger partial charge in [-0.05, 0) is 19.7 Å². The van der Waals surface area contributed by atoms with E-state index in [0.29, 0.717) is 6.04 Å². The topological polar surface area (TPSA) is 15.7 Å². The van der Waals surface area contributed by atoms with Gasteiger partial charge in [0.25, 0.3) is 0 Å². The molecule has 1 aromatic rings. The molecule has 0 amide bonds. The van der Waals surface area contributed by atoms with Gasteiger partial charge in [0.15, 0.2) is 0 Å². The molecule has 1 heterocycles. The van der Waals surface area contributed by atoms with Crippen molar-refractivity contribution < 1.29 is 4.74 Å². The molecule has 1 aliphatic heterocycles. The summed E-state index contributed by atoms with van der Waals surface area (Å²) in [6.45, 7) is 4.85. The number of rotatable bonds is 4. The lowest BCUT2D eigenvalue weighted by Crippen LogP contribution is -2.42. The van der Waals surface area contributed by atoms with E-state index in [4.69, 9.17) is 4.74 Å². The Morgan fingerprint density at radius 3 is 2.41 bits per heavy atom. The second kappa shape index (κ2) is 6.15. The van der Waals surface area contributed by atoms with Crippen LogP contribution in [0.15, 0.2) is 30.3 Å². The second-order valence-electron chi connectivity index (χ2n) is 4.84. The summed E-state index contributed by atoms with van der Waals surface area (Å²) in [5.41, 5.74) is 1.41. The van der Waals surface area contributed by atoms with Crippen molar-refractivity contribution in [2.24, 2.45) is 0 Å². The van der Waals surface area contributed by atoms with E-state index >= 15 is 0 Å². The lowest BCUT2D eigenvalue weighted by atomic mass is 10.0. The Morgan fingerprint density at radius 2 is 1.82 bits per heavy atom. The molecule has 1 aliphatic rings. The van der Waals surface area contributed by atoms with Crippen LogP contribution in [0.4, 0.5) is 0 Å². The number of likely N-dealkylation sites (N-methyl/N-ethyl adjacent to an activating group) is 1. The molecule has 1 saturated heterocycles. The molecule has 17 heavy (non-hydrogen) atoms. The van der Waals surface area contributed by atoms with E-state index < -0.39 is 0 Å². The van der Waals surface area contributed by atoms with Gasteiger partial charge in [0.1, 0.15) is 0 Å². The van der Waals surface area contributed by atoms with Gasteiger partial charge in [-0.3, -0.25) is 4.90 Å². The standard InChI is InChI=1S/C14H22N2O/c1-15(2)12-14(13-6-4-3-5-7-13)16-8-10-17-11-9-16/h3-7,14H,8-12H2,1-2H3. The van der Waals surface area contributed by atoms with E-state index in [-0.39, 0.29) is 0 Å². The number of ether oxygens (including phenoxy) is 1. The predicted molar refractivity (Wildman–Crippen MR) is 70.1 cm³/mol. The third-order valence-corrected chi connectivity index (χ3v) is 3.21. The highest BCUT2D eigenvalue weighted by Crippen LogP contribution is 2.22. The summed E-state index contributed by atoms with van der Waals surface area (Å²) in [6.07, 6.45) is 0. The van der Waals surface area contributed by atoms with Crippen LogP contribution in [0.1, 0.15) is 11.6 Å². The maximum absolute atomic E-state index is 5.44. The molecule has 1 unspecified atom stereocenters. The first-order valence-corrected chi connectivity index (χ1v) is 6.29. The minimum Gasteiger partial charge on any atom is -0.379 e. The van der Waals surface area contributed by atoms with Gasteiger partial charge < -0.3 is 9.64 Å². The van der Waals surface area contributed by atoms with Crippen LogP contribution < -0.4 is 0 Å². The zero-order chi connectivity index (χ0) is 12.1. The monoisotopic (exact) mass is 234 g/mol. The van der Waals surface area contributed by atoms with Crippen molar-refractivity contribution in [3.63, 3.8) is 0 Å². The first-order valence-electron chi connectivity index (χ1n) is 6.29. The highest BCUT2D eigenvalue weighted by Gasteiger charge is 2.22. The van der Waals surface area contributed by atoms with Gasteiger partial charge in [0, 0.05) is 25.7 Å². The first-order chi connectivity index (χ1) is 8.27. The van der Waals surface area contributed by atoms with Crippen LogP contribution >= 0.6 is 0 Å². The molecule has 3 heteroatoms. The predicted octanol–water partition coefficient (Wildman–Crippen LogP) is 1.62. The van der Waals surface area contributed by atoms with Crippen molar-refractivity contribution in [3.8, 4) is 0 Å². The van der Waals surface area contributed by atoms with Gasteiger partial charge >= 0.3 is 0 Å². The van der Waals surface area contributed by atoms with E-state index in [2.05, 4.69) is 54.2 Å². The maximum atomic E-state index is 5.44. The van der Waals surface area contributed by atoms with Gasteiger partial charge in [-0.2, -0.15) is 0 Å². The Bertz CT molecular complexity index is 320. The van der Waals surface area contributed by atoms with Crippen LogP contribution in [-0.4, -0.2) is 56.7 Å². The Balaban J connectivity index is 2.12. The number of morpholine rings is 1. The quantitative estimate of drug-likeness (QED) is 0.787. The van der Waals surface area contributed by atoms with E-state index in [0.717, 1.165) is 32.8 Å². The fraction of sp³-hybridized carbons (Fsp3) is 0.571. The molecule has 1 aromatic carbocycles. The van der Waals surface area contributed by atoms with Gasteiger partial charge in [-0.15, -0.1) is 0 Å². The van der Waals surface area contributed by atoms with Gasteiger partial charge in [0.05, 0.1) is 13.2 Å². The SMILES string of the molecule is CN(C)CC(c1ccccc1)N1CCOCC1. The Labute approximate surface area is 104 Å². The summed E-state index contributed by atoms with van der Waals surface area (Å²) in [6, 6.07) is 11.3. The average molecular weight is 234 g/mol. The van der Waals surface area contributed by atoms with E-state index in [1.54, 1.807) is 0 Å². The largest absolute Gasteiger partial charge is 0.379 e. The van der Waals surface area contributed by atoms with E-state index in [9.17, 15) is 0 Å². The van der Waals surface area contributed by atoms with Gasteiger partial charge in [-0.25, -0.2) is 0 Å². The van der Waals surface area contributed by atoms with Gasteiger partial charge in [0.2, 0.25) is 0 Å². The third kappa shape index (κ3) is 3.53. The lowest BCUT2D eigenvalue weighted by Gasteiger charge is -2.36. The highest BCUT2D eigenvalue weighted by atomic mass is 16.5. The number of hydrogen-bond donors (Lipinski definition) is 0. The van der Waals surface area contributed by atoms with Crippen molar-refractivity contribution in [1.29, 1.82) is 0 Å². The summed E-state index contributed by atoms with van der Waals surface area (Å²) >= 11 is 0. The first kappa shape index (κ1) is 12.6. The van der Waals surface area contributed by atoms with Crippen LogP contribution in [0.2, 0.25) is 0 Å². The van der Waals surface area contributed by atoms with Crippen molar-refractivity contribution in [2.45, 2.75) is 6.04 Å². The molecular formula is C14H22N2O. The van der Waals surface area contributed by atoms with Crippen molar-refractivity contribution >= 4 is 0 Å². The van der Waals surface area contributed by atoms with E-state index in [1.165, 1.54) is 5.56 Å². The van der Waals surface area contributed by atoms with Crippen molar-refractivity contribution in [3.05, 3.63) is 35.9 Å². The van der Waals surface area contributed by atoms with Crippen molar-refractivity contribution in [2.75, 3.05) is 46.9 Å². The minimum absolute atomic E-state index is 0.482. The normalized spacial score (nSPS) is 19.5. The zero-order valence-corrected chi connectivity index (χ0v) is 10.8. The Morgan fingerprint density at radius 1 is 1.18 bits per heavy atom. The number of nitrogens with zero attached hydrogens (tertiary/aromatic N) is 2. The number of benzene rings is 1. The molecule has 0 aliphatic carbocycles. The fourth-order valence-corrected chi connectivity index (χ4v) is 2.34. The molecule has 2 rings (SSSR count). The van der Waals surface area contributed by atoms with E-state index in [1.807, 2.05) is 0 Å². The molecule has 3 nitrogen and oxygen atoms in total. The smallest absolute Gasteiger partial charge is 0.0594 e. The zero-order valence-electron chi connectivity index (χ0n) is 10.8. The molecule has 0 bridgehead atoms. The fourth-order valence-electron chi connectivity index (χ4n) is 2.34. The summed E-state index contributed by atoms with van der Waals surface area (Å²) in [4.78, 5) is 4.78. The minimum atomic E-state index is 0.482.